The fraction of sp³-hybridized carbons (Fsp3) is 0.812. The van der Waals surface area contributed by atoms with Crippen LogP contribution in [0.25, 0.3) is 0 Å². The van der Waals surface area contributed by atoms with Crippen LogP contribution in [-0.2, 0) is 23.8 Å². The summed E-state index contributed by atoms with van der Waals surface area (Å²) in [5.74, 6) is -1.21. The highest BCUT2D eigenvalue weighted by molar-refractivity contribution is 5.80. The molecule has 0 aromatic rings. The number of hydrogen-bond acceptors (Lipinski definition) is 10. The Morgan fingerprint density at radius 2 is 0.973 bits per heavy atom. The van der Waals surface area contributed by atoms with Gasteiger partial charge in [-0.15, -0.1) is 0 Å². The Balaban J connectivity index is 2.65. The van der Waals surface area contributed by atoms with Gasteiger partial charge >= 0.3 is 5.97 Å². The first kappa shape index (κ1) is 70.4. The van der Waals surface area contributed by atoms with Gasteiger partial charge in [0, 0.05) is 6.42 Å². The zero-order valence-corrected chi connectivity index (χ0v) is 48.2. The second-order valence-corrected chi connectivity index (χ2v) is 21.5. The van der Waals surface area contributed by atoms with Crippen molar-refractivity contribution >= 4 is 11.9 Å². The second kappa shape index (κ2) is 52.1. The Labute approximate surface area is 458 Å². The number of ether oxygens (including phenoxy) is 3. The molecule has 0 radical (unpaired) electrons. The van der Waals surface area contributed by atoms with Gasteiger partial charge in [0.2, 0.25) is 5.91 Å². The van der Waals surface area contributed by atoms with E-state index >= 15 is 0 Å². The van der Waals surface area contributed by atoms with Crippen LogP contribution in [0.3, 0.4) is 0 Å². The minimum absolute atomic E-state index is 0.109. The number of amides is 1. The minimum Gasteiger partial charge on any atom is -0.454 e. The highest BCUT2D eigenvalue weighted by Crippen LogP contribution is 2.26. The quantitative estimate of drug-likeness (QED) is 0.0149. The SMILES string of the molecule is CC/C=C/C=C/C=C/CCCCCCCCCC(=O)OC1C(OCC(NC(=O)C(O)CCCCCCCCCCCC/C=C/CCCCCCCC)C(O)/C=C/CCCCCCCCCCC)OC(CO)C(O)C1O. The van der Waals surface area contributed by atoms with Crippen LogP contribution in [0, 0.1) is 0 Å². The Hall–Kier alpha value is -2.64. The van der Waals surface area contributed by atoms with Gasteiger partial charge in [-0.3, -0.25) is 9.59 Å². The lowest BCUT2D eigenvalue weighted by Crippen LogP contribution is -2.61. The van der Waals surface area contributed by atoms with E-state index in [4.69, 9.17) is 14.2 Å². The molecule has 0 bridgehead atoms. The van der Waals surface area contributed by atoms with E-state index in [0.717, 1.165) is 89.9 Å². The van der Waals surface area contributed by atoms with Crippen molar-refractivity contribution in [2.24, 2.45) is 0 Å². The molecule has 0 spiro atoms. The van der Waals surface area contributed by atoms with Crippen molar-refractivity contribution in [3.8, 4) is 0 Å². The number of carbonyl (C=O) groups is 2. The molecule has 1 heterocycles. The fourth-order valence-corrected chi connectivity index (χ4v) is 9.53. The number of allylic oxidation sites excluding steroid dienone is 9. The lowest BCUT2D eigenvalue weighted by atomic mass is 9.99. The maximum absolute atomic E-state index is 13.4. The molecular formula is C64H115NO10. The van der Waals surface area contributed by atoms with Crippen molar-refractivity contribution in [2.45, 2.75) is 320 Å². The lowest BCUT2D eigenvalue weighted by Gasteiger charge is -2.41. The van der Waals surface area contributed by atoms with Gasteiger partial charge in [0.15, 0.2) is 12.4 Å². The van der Waals surface area contributed by atoms with Crippen molar-refractivity contribution in [3.63, 3.8) is 0 Å². The second-order valence-electron chi connectivity index (χ2n) is 21.5. The first-order valence-electron chi connectivity index (χ1n) is 31.1. The van der Waals surface area contributed by atoms with Crippen LogP contribution in [0.4, 0.5) is 0 Å². The van der Waals surface area contributed by atoms with Crippen LogP contribution in [0.1, 0.15) is 271 Å². The van der Waals surface area contributed by atoms with Gasteiger partial charge in [0.25, 0.3) is 0 Å². The van der Waals surface area contributed by atoms with Crippen molar-refractivity contribution in [1.82, 2.24) is 5.32 Å². The van der Waals surface area contributed by atoms with E-state index in [0.29, 0.717) is 12.8 Å². The molecule has 1 fully saturated rings. The third kappa shape index (κ3) is 40.2. The molecule has 1 aliphatic heterocycles. The van der Waals surface area contributed by atoms with Crippen molar-refractivity contribution in [1.29, 1.82) is 0 Å². The van der Waals surface area contributed by atoms with Gasteiger partial charge in [-0.1, -0.05) is 255 Å². The summed E-state index contributed by atoms with van der Waals surface area (Å²) >= 11 is 0. The highest BCUT2D eigenvalue weighted by Gasteiger charge is 2.47. The van der Waals surface area contributed by atoms with Gasteiger partial charge in [-0.25, -0.2) is 0 Å². The van der Waals surface area contributed by atoms with E-state index in [1.165, 1.54) is 135 Å². The summed E-state index contributed by atoms with van der Waals surface area (Å²) in [5.41, 5.74) is 0. The molecule has 8 atom stereocenters. The van der Waals surface area contributed by atoms with E-state index in [9.17, 15) is 35.1 Å². The molecular weight excluding hydrogens is 943 g/mol. The molecule has 0 aliphatic carbocycles. The van der Waals surface area contributed by atoms with Crippen molar-refractivity contribution in [2.75, 3.05) is 13.2 Å². The highest BCUT2D eigenvalue weighted by atomic mass is 16.7. The maximum Gasteiger partial charge on any atom is 0.306 e. The van der Waals surface area contributed by atoms with Crippen molar-refractivity contribution < 1.29 is 49.3 Å². The number of rotatable bonds is 52. The van der Waals surface area contributed by atoms with Crippen LogP contribution in [0.5, 0.6) is 0 Å². The van der Waals surface area contributed by atoms with Crippen LogP contribution in [0.2, 0.25) is 0 Å². The van der Waals surface area contributed by atoms with Crippen LogP contribution >= 0.6 is 0 Å². The summed E-state index contributed by atoms with van der Waals surface area (Å²) in [6.45, 7) is 5.65. The third-order valence-electron chi connectivity index (χ3n) is 14.5. The monoisotopic (exact) mass is 1060 g/mol. The summed E-state index contributed by atoms with van der Waals surface area (Å²) in [6, 6.07) is -1.03. The summed E-state index contributed by atoms with van der Waals surface area (Å²) < 4.78 is 17.6. The predicted molar refractivity (Wildman–Crippen MR) is 310 cm³/mol. The van der Waals surface area contributed by atoms with Crippen LogP contribution < -0.4 is 5.32 Å². The Bertz CT molecular complexity index is 1450. The summed E-state index contributed by atoms with van der Waals surface area (Å²) in [7, 11) is 0. The molecule has 6 N–H and O–H groups in total. The molecule has 75 heavy (non-hydrogen) atoms. The molecule has 1 rings (SSSR count). The number of aliphatic hydroxyl groups excluding tert-OH is 5. The van der Waals surface area contributed by atoms with Crippen LogP contribution in [0.15, 0.2) is 60.8 Å². The van der Waals surface area contributed by atoms with Gasteiger partial charge in [-0.05, 0) is 70.6 Å². The number of esters is 1. The smallest absolute Gasteiger partial charge is 0.306 e. The van der Waals surface area contributed by atoms with Gasteiger partial charge in [0.1, 0.15) is 24.4 Å². The zero-order valence-electron chi connectivity index (χ0n) is 48.2. The number of carbonyl (C=O) groups excluding carboxylic acids is 2. The molecule has 1 saturated heterocycles. The van der Waals surface area contributed by atoms with E-state index in [1.807, 2.05) is 12.2 Å². The molecule has 1 amide bonds. The van der Waals surface area contributed by atoms with Gasteiger partial charge in [-0.2, -0.15) is 0 Å². The average Bonchev–Trinajstić information content (AvgIpc) is 3.41. The van der Waals surface area contributed by atoms with Crippen LogP contribution in [-0.4, -0.2) is 99.6 Å². The van der Waals surface area contributed by atoms with E-state index in [-0.39, 0.29) is 19.4 Å². The van der Waals surface area contributed by atoms with Gasteiger partial charge < -0.3 is 45.1 Å². The number of nitrogens with one attached hydrogen (secondary N) is 1. The summed E-state index contributed by atoms with van der Waals surface area (Å²) in [6.07, 6.45) is 54.0. The Morgan fingerprint density at radius 3 is 1.47 bits per heavy atom. The largest absolute Gasteiger partial charge is 0.454 e. The molecule has 11 heteroatoms. The first-order chi connectivity index (χ1) is 36.7. The topological polar surface area (TPSA) is 175 Å². The molecule has 0 saturated carbocycles. The van der Waals surface area contributed by atoms with E-state index in [1.54, 1.807) is 6.08 Å². The number of aliphatic hydroxyl groups is 5. The third-order valence-corrected chi connectivity index (χ3v) is 14.5. The number of unbranched alkanes of at least 4 members (excludes halogenated alkanes) is 32. The molecule has 0 aromatic carbocycles. The Kier molecular flexibility index (Phi) is 48.9. The number of hydrogen-bond donors (Lipinski definition) is 6. The zero-order chi connectivity index (χ0) is 54.7. The van der Waals surface area contributed by atoms with E-state index < -0.39 is 67.4 Å². The van der Waals surface area contributed by atoms with E-state index in [2.05, 4.69) is 68.6 Å². The summed E-state index contributed by atoms with van der Waals surface area (Å²) in [5, 5.41) is 56.9. The molecule has 11 nitrogen and oxygen atoms in total. The predicted octanol–water partition coefficient (Wildman–Crippen LogP) is 14.6. The minimum atomic E-state index is -1.62. The molecule has 436 valence electrons. The summed E-state index contributed by atoms with van der Waals surface area (Å²) in [4.78, 5) is 26.5. The average molecular weight is 1060 g/mol. The molecule has 1 aliphatic rings. The normalized spacial score (nSPS) is 19.6. The first-order valence-corrected chi connectivity index (χ1v) is 31.1. The standard InChI is InChI=1S/C64H115NO10/c1-4-7-10-13-16-19-22-24-26-27-28-29-30-32-33-36-39-42-45-48-51-57(68)63(72)65-55(56(67)50-47-44-41-38-35-21-18-15-12-9-6-3)54-73-64-62(61(71)60(70)58(53-66)74-64)75-59(69)52-49-46-43-40-37-34-31-25-23-20-17-14-11-8-5-2/h8,11,14,17,20,23-24,26,47,50,55-58,60-62,64,66-68,70-71H,4-7,9-10,12-13,15-16,18-19,21-22,25,27-46,48-49,51-54H2,1-3H3,(H,65,72)/b11-8+,17-14+,23-20+,26-24+,50-47+. The molecule has 0 aromatic heterocycles. The lowest BCUT2D eigenvalue weighted by molar-refractivity contribution is -0.305. The fourth-order valence-electron chi connectivity index (χ4n) is 9.53. The Morgan fingerprint density at radius 1 is 0.533 bits per heavy atom. The van der Waals surface area contributed by atoms with Gasteiger partial charge in [0.05, 0.1) is 25.4 Å². The molecule has 8 unspecified atom stereocenters. The van der Waals surface area contributed by atoms with Crippen molar-refractivity contribution in [3.05, 3.63) is 60.8 Å². The maximum atomic E-state index is 13.4.